The molecule has 0 heterocycles. The Bertz CT molecular complexity index is 518. The van der Waals surface area contributed by atoms with Crippen LogP contribution in [-0.4, -0.2) is 35.7 Å². The molecule has 21 heavy (non-hydrogen) atoms. The van der Waals surface area contributed by atoms with E-state index >= 15 is 0 Å². The molecule has 6 nitrogen and oxygen atoms in total. The van der Waals surface area contributed by atoms with Gasteiger partial charge in [0, 0.05) is 0 Å². The molecule has 1 aromatic rings. The van der Waals surface area contributed by atoms with E-state index in [1.165, 1.54) is 0 Å². The molecule has 0 aliphatic heterocycles. The van der Waals surface area contributed by atoms with E-state index < -0.39 is 12.0 Å². The van der Waals surface area contributed by atoms with E-state index in [-0.39, 0.29) is 29.9 Å². The van der Waals surface area contributed by atoms with Crippen molar-refractivity contribution < 1.29 is 19.4 Å². The number of rotatable bonds is 5. The number of aliphatic hydroxyl groups is 1. The van der Waals surface area contributed by atoms with Crippen LogP contribution in [0.25, 0.3) is 0 Å². The topological polar surface area (TPSA) is 102 Å². The fraction of sp³-hybridized carbons (Fsp3) is 0.467. The van der Waals surface area contributed by atoms with Crippen LogP contribution in [0.3, 0.4) is 0 Å². The summed E-state index contributed by atoms with van der Waals surface area (Å²) in [4.78, 5) is 23.1. The number of carbonyl (C=O) groups excluding carboxylic acids is 2. The van der Waals surface area contributed by atoms with Gasteiger partial charge in [0.05, 0.1) is 17.7 Å². The van der Waals surface area contributed by atoms with Gasteiger partial charge in [0.1, 0.15) is 5.75 Å². The van der Waals surface area contributed by atoms with Crippen LogP contribution in [-0.2, 0) is 4.79 Å². The van der Waals surface area contributed by atoms with Crippen LogP contribution in [0.5, 0.6) is 5.75 Å². The Hall–Kier alpha value is -2.08. The van der Waals surface area contributed by atoms with E-state index in [4.69, 9.17) is 10.5 Å². The molecule has 1 aliphatic rings. The van der Waals surface area contributed by atoms with Crippen LogP contribution in [0.15, 0.2) is 24.3 Å². The summed E-state index contributed by atoms with van der Waals surface area (Å²) in [5.41, 5.74) is 5.47. The number of nitrogens with one attached hydrogen (secondary N) is 1. The normalized spacial score (nSPS) is 21.6. The number of hydrogen-bond donors (Lipinski definition) is 3. The first-order valence-electron chi connectivity index (χ1n) is 7.07. The van der Waals surface area contributed by atoms with E-state index in [9.17, 15) is 14.7 Å². The lowest BCUT2D eigenvalue weighted by molar-refractivity contribution is -0.125. The quantitative estimate of drug-likeness (QED) is 0.739. The Kier molecular flexibility index (Phi) is 5.16. The third-order valence-electron chi connectivity index (χ3n) is 3.59. The van der Waals surface area contributed by atoms with Gasteiger partial charge < -0.3 is 20.9 Å². The molecule has 6 heteroatoms. The number of ether oxygens (including phenoxy) is 1. The van der Waals surface area contributed by atoms with E-state index in [0.29, 0.717) is 6.42 Å². The molecule has 1 aromatic carbocycles. The molecular weight excluding hydrogens is 272 g/mol. The van der Waals surface area contributed by atoms with Crippen LogP contribution in [0.1, 0.15) is 36.0 Å². The summed E-state index contributed by atoms with van der Waals surface area (Å²) >= 11 is 0. The number of para-hydroxylation sites is 1. The van der Waals surface area contributed by atoms with Gasteiger partial charge in [-0.3, -0.25) is 9.59 Å². The fourth-order valence-corrected chi connectivity index (χ4v) is 2.47. The van der Waals surface area contributed by atoms with Gasteiger partial charge in [-0.1, -0.05) is 25.0 Å². The highest BCUT2D eigenvalue weighted by Gasteiger charge is 2.24. The van der Waals surface area contributed by atoms with Crippen LogP contribution in [0, 0.1) is 0 Å². The van der Waals surface area contributed by atoms with Gasteiger partial charge in [-0.15, -0.1) is 0 Å². The van der Waals surface area contributed by atoms with Crippen molar-refractivity contribution in [2.45, 2.75) is 37.8 Å². The summed E-state index contributed by atoms with van der Waals surface area (Å²) in [6.45, 7) is -0.215. The van der Waals surface area contributed by atoms with Gasteiger partial charge in [-0.2, -0.15) is 0 Å². The largest absolute Gasteiger partial charge is 0.483 e. The van der Waals surface area contributed by atoms with Crippen molar-refractivity contribution >= 4 is 11.8 Å². The minimum atomic E-state index is -0.603. The van der Waals surface area contributed by atoms with Crippen molar-refractivity contribution in [1.29, 1.82) is 0 Å². The molecule has 0 radical (unpaired) electrons. The minimum Gasteiger partial charge on any atom is -0.483 e. The molecule has 1 aliphatic carbocycles. The van der Waals surface area contributed by atoms with Crippen molar-refractivity contribution in [2.75, 3.05) is 6.61 Å². The minimum absolute atomic E-state index is 0.215. The molecule has 4 N–H and O–H groups in total. The summed E-state index contributed by atoms with van der Waals surface area (Å²) in [6.07, 6.45) is 2.95. The second-order valence-corrected chi connectivity index (χ2v) is 5.17. The van der Waals surface area contributed by atoms with Gasteiger partial charge in [0.25, 0.3) is 11.8 Å². The molecule has 0 spiro atoms. The molecule has 1 saturated carbocycles. The molecule has 2 atom stereocenters. The molecule has 0 saturated heterocycles. The molecule has 1 fully saturated rings. The number of nitrogens with two attached hydrogens (primary N) is 1. The van der Waals surface area contributed by atoms with E-state index in [2.05, 4.69) is 5.32 Å². The summed E-state index contributed by atoms with van der Waals surface area (Å²) in [5, 5.41) is 12.6. The summed E-state index contributed by atoms with van der Waals surface area (Å²) in [6, 6.07) is 6.28. The average molecular weight is 292 g/mol. The Morgan fingerprint density at radius 3 is 2.71 bits per heavy atom. The molecular formula is C15H20N2O4. The molecule has 114 valence electrons. The number of benzene rings is 1. The first kappa shape index (κ1) is 15.3. The van der Waals surface area contributed by atoms with Crippen molar-refractivity contribution in [3.8, 4) is 5.75 Å². The van der Waals surface area contributed by atoms with Crippen LogP contribution in [0.2, 0.25) is 0 Å². The highest BCUT2D eigenvalue weighted by Crippen LogP contribution is 2.19. The van der Waals surface area contributed by atoms with E-state index in [1.807, 2.05) is 0 Å². The highest BCUT2D eigenvalue weighted by molar-refractivity contribution is 5.95. The van der Waals surface area contributed by atoms with Gasteiger partial charge in [-0.25, -0.2) is 0 Å². The number of carbonyl (C=O) groups is 2. The Balaban J connectivity index is 1.88. The SMILES string of the molecule is NC(=O)c1ccccc1OCC(=O)N[C@@H]1CCCC[C@H]1O. The molecule has 2 rings (SSSR count). The molecule has 0 unspecified atom stereocenters. The number of amides is 2. The first-order valence-corrected chi connectivity index (χ1v) is 7.07. The predicted molar refractivity (Wildman–Crippen MR) is 76.9 cm³/mol. The third kappa shape index (κ3) is 4.19. The van der Waals surface area contributed by atoms with Crippen molar-refractivity contribution in [3.63, 3.8) is 0 Å². The lowest BCUT2D eigenvalue weighted by Gasteiger charge is -2.28. The average Bonchev–Trinajstić information content (AvgIpc) is 2.48. The zero-order valence-corrected chi connectivity index (χ0v) is 11.7. The van der Waals surface area contributed by atoms with Gasteiger partial charge in [0.15, 0.2) is 6.61 Å². The molecule has 0 aromatic heterocycles. The Morgan fingerprint density at radius 2 is 2.00 bits per heavy atom. The zero-order valence-electron chi connectivity index (χ0n) is 11.7. The predicted octanol–water partition coefficient (Wildman–Crippen LogP) is 0.584. The maximum atomic E-state index is 11.8. The zero-order chi connectivity index (χ0) is 15.2. The monoisotopic (exact) mass is 292 g/mol. The standard InChI is InChI=1S/C15H20N2O4/c16-15(20)10-5-1-4-8-13(10)21-9-14(19)17-11-6-2-3-7-12(11)18/h1,4-5,8,11-12,18H,2-3,6-7,9H2,(H2,16,20)(H,17,19)/t11-,12-/m1/s1. The van der Waals surface area contributed by atoms with Crippen molar-refractivity contribution in [3.05, 3.63) is 29.8 Å². The highest BCUT2D eigenvalue weighted by atomic mass is 16.5. The fourth-order valence-electron chi connectivity index (χ4n) is 2.47. The smallest absolute Gasteiger partial charge is 0.258 e. The van der Waals surface area contributed by atoms with Gasteiger partial charge in [0.2, 0.25) is 0 Å². The number of aliphatic hydroxyl groups excluding tert-OH is 1. The lowest BCUT2D eigenvalue weighted by Crippen LogP contribution is -2.46. The van der Waals surface area contributed by atoms with Crippen molar-refractivity contribution in [1.82, 2.24) is 5.32 Å². The number of hydrogen-bond acceptors (Lipinski definition) is 4. The lowest BCUT2D eigenvalue weighted by atomic mass is 9.92. The van der Waals surface area contributed by atoms with Gasteiger partial charge >= 0.3 is 0 Å². The van der Waals surface area contributed by atoms with Crippen molar-refractivity contribution in [2.24, 2.45) is 5.73 Å². The summed E-state index contributed by atoms with van der Waals surface area (Å²) in [5.74, 6) is -0.640. The third-order valence-corrected chi connectivity index (χ3v) is 3.59. The Morgan fingerprint density at radius 1 is 1.29 bits per heavy atom. The second kappa shape index (κ2) is 7.08. The van der Waals surface area contributed by atoms with E-state index in [0.717, 1.165) is 19.3 Å². The maximum Gasteiger partial charge on any atom is 0.258 e. The van der Waals surface area contributed by atoms with Crippen LogP contribution < -0.4 is 15.8 Å². The van der Waals surface area contributed by atoms with Gasteiger partial charge in [-0.05, 0) is 25.0 Å². The first-order chi connectivity index (χ1) is 10.1. The second-order valence-electron chi connectivity index (χ2n) is 5.17. The molecule has 2 amide bonds. The van der Waals surface area contributed by atoms with Crippen LogP contribution >= 0.6 is 0 Å². The maximum absolute atomic E-state index is 11.8. The summed E-state index contributed by atoms with van der Waals surface area (Å²) < 4.78 is 5.34. The molecule has 0 bridgehead atoms. The van der Waals surface area contributed by atoms with E-state index in [1.54, 1.807) is 24.3 Å². The van der Waals surface area contributed by atoms with Crippen LogP contribution in [0.4, 0.5) is 0 Å². The Labute approximate surface area is 123 Å². The summed E-state index contributed by atoms with van der Waals surface area (Å²) in [7, 11) is 0. The number of primary amides is 1.